The van der Waals surface area contributed by atoms with E-state index < -0.39 is 23.4 Å². The van der Waals surface area contributed by atoms with Crippen LogP contribution < -0.4 is 10.6 Å². The number of aromatic nitrogens is 1. The number of nitrogens with zero attached hydrogens (tertiary/aromatic N) is 1. The molecule has 150 valence electrons. The molecule has 2 aromatic carbocycles. The highest BCUT2D eigenvalue weighted by atomic mass is 19.1. The third-order valence-electron chi connectivity index (χ3n) is 4.14. The highest BCUT2D eigenvalue weighted by Gasteiger charge is 2.13. The summed E-state index contributed by atoms with van der Waals surface area (Å²) in [6.45, 7) is 1.95. The first-order valence-corrected chi connectivity index (χ1v) is 8.94. The number of oxazole rings is 1. The molecule has 0 aliphatic carbocycles. The maximum Gasteiger partial charge on any atom is 0.254 e. The Bertz CT molecular complexity index is 1020. The molecule has 0 radical (unpaired) electrons. The normalized spacial score (nSPS) is 10.6. The Morgan fingerprint density at radius 3 is 2.55 bits per heavy atom. The van der Waals surface area contributed by atoms with Crippen LogP contribution in [-0.2, 0) is 11.2 Å². The first kappa shape index (κ1) is 20.2. The molecular formula is C21H19F2N3O3. The van der Waals surface area contributed by atoms with E-state index >= 15 is 0 Å². The second kappa shape index (κ2) is 9.09. The minimum atomic E-state index is -0.988. The molecule has 0 saturated heterocycles. The van der Waals surface area contributed by atoms with E-state index in [0.717, 1.165) is 23.3 Å². The fourth-order valence-corrected chi connectivity index (χ4v) is 2.57. The Hall–Kier alpha value is -3.55. The Morgan fingerprint density at radius 1 is 1.07 bits per heavy atom. The summed E-state index contributed by atoms with van der Waals surface area (Å²) in [7, 11) is 0. The monoisotopic (exact) mass is 399 g/mol. The summed E-state index contributed by atoms with van der Waals surface area (Å²) in [5, 5.41) is 4.92. The summed E-state index contributed by atoms with van der Waals surface area (Å²) in [4.78, 5) is 28.1. The highest BCUT2D eigenvalue weighted by Crippen LogP contribution is 2.19. The van der Waals surface area contributed by atoms with E-state index in [1.807, 2.05) is 31.2 Å². The van der Waals surface area contributed by atoms with Crippen LogP contribution in [0.4, 0.5) is 8.78 Å². The molecule has 0 fully saturated rings. The summed E-state index contributed by atoms with van der Waals surface area (Å²) in [6, 6.07) is 10.4. The van der Waals surface area contributed by atoms with Crippen LogP contribution in [0.3, 0.4) is 0 Å². The fraction of sp³-hybridized carbons (Fsp3) is 0.190. The van der Waals surface area contributed by atoms with Crippen molar-refractivity contribution in [3.63, 3.8) is 0 Å². The number of hydrogen-bond acceptors (Lipinski definition) is 4. The van der Waals surface area contributed by atoms with Crippen LogP contribution in [0.25, 0.3) is 11.5 Å². The van der Waals surface area contributed by atoms with E-state index in [1.165, 1.54) is 6.26 Å². The zero-order valence-corrected chi connectivity index (χ0v) is 15.7. The molecule has 8 heteroatoms. The number of halogens is 2. The lowest BCUT2D eigenvalue weighted by atomic mass is 10.1. The Labute approximate surface area is 166 Å². The van der Waals surface area contributed by atoms with Crippen LogP contribution in [0.2, 0.25) is 0 Å². The van der Waals surface area contributed by atoms with Crippen molar-refractivity contribution in [1.29, 1.82) is 0 Å². The molecule has 29 heavy (non-hydrogen) atoms. The first-order valence-electron chi connectivity index (χ1n) is 8.94. The first-order chi connectivity index (χ1) is 13.9. The van der Waals surface area contributed by atoms with Gasteiger partial charge in [-0.1, -0.05) is 17.7 Å². The van der Waals surface area contributed by atoms with E-state index in [-0.39, 0.29) is 12.1 Å². The second-order valence-electron chi connectivity index (χ2n) is 6.42. The molecule has 2 N–H and O–H groups in total. The van der Waals surface area contributed by atoms with E-state index in [2.05, 4.69) is 15.6 Å². The number of rotatable bonds is 7. The maximum absolute atomic E-state index is 13.5. The lowest BCUT2D eigenvalue weighted by Crippen LogP contribution is -2.38. The standard InChI is InChI=1S/C21H19F2N3O3/c1-13-2-4-14(5-3-13)21-26-16(12-29-21)8-9-24-19(27)11-25-20(28)17-7-6-15(22)10-18(17)23/h2-7,10,12H,8-9,11H2,1H3,(H,24,27)(H,25,28). The number of hydrogen-bond donors (Lipinski definition) is 2. The van der Waals surface area contributed by atoms with Crippen LogP contribution in [-0.4, -0.2) is 29.9 Å². The fourth-order valence-electron chi connectivity index (χ4n) is 2.57. The summed E-state index contributed by atoms with van der Waals surface area (Å²) in [5.74, 6) is -2.51. The highest BCUT2D eigenvalue weighted by molar-refractivity contribution is 5.96. The van der Waals surface area contributed by atoms with Crippen LogP contribution in [0.1, 0.15) is 21.6 Å². The van der Waals surface area contributed by atoms with Gasteiger partial charge in [-0.3, -0.25) is 9.59 Å². The Balaban J connectivity index is 1.43. The average Bonchev–Trinajstić information content (AvgIpc) is 3.15. The van der Waals surface area contributed by atoms with Crippen LogP contribution in [0.15, 0.2) is 53.1 Å². The molecule has 1 heterocycles. The van der Waals surface area contributed by atoms with Crippen molar-refractivity contribution in [3.8, 4) is 11.5 Å². The van der Waals surface area contributed by atoms with Crippen molar-refractivity contribution in [3.05, 3.63) is 77.2 Å². The topological polar surface area (TPSA) is 84.2 Å². The van der Waals surface area contributed by atoms with Gasteiger partial charge in [-0.05, 0) is 31.2 Å². The van der Waals surface area contributed by atoms with Gasteiger partial charge in [-0.15, -0.1) is 0 Å². The molecule has 0 unspecified atom stereocenters. The summed E-state index contributed by atoms with van der Waals surface area (Å²) < 4.78 is 31.9. The molecule has 0 bridgehead atoms. The van der Waals surface area contributed by atoms with Gasteiger partial charge in [0, 0.05) is 24.6 Å². The van der Waals surface area contributed by atoms with Gasteiger partial charge < -0.3 is 15.1 Å². The zero-order chi connectivity index (χ0) is 20.8. The smallest absolute Gasteiger partial charge is 0.254 e. The lowest BCUT2D eigenvalue weighted by molar-refractivity contribution is -0.120. The van der Waals surface area contributed by atoms with Gasteiger partial charge in [0.1, 0.15) is 17.9 Å². The largest absolute Gasteiger partial charge is 0.444 e. The minimum Gasteiger partial charge on any atom is -0.444 e. The van der Waals surface area contributed by atoms with E-state index in [4.69, 9.17) is 4.42 Å². The quantitative estimate of drug-likeness (QED) is 0.640. The van der Waals surface area contributed by atoms with Crippen molar-refractivity contribution < 1.29 is 22.8 Å². The summed E-state index contributed by atoms with van der Waals surface area (Å²) >= 11 is 0. The molecule has 0 saturated carbocycles. The molecule has 0 atom stereocenters. The van der Waals surface area contributed by atoms with Crippen LogP contribution >= 0.6 is 0 Å². The predicted octanol–water partition coefficient (Wildman–Crippen LogP) is 3.02. The average molecular weight is 399 g/mol. The molecule has 2 amide bonds. The SMILES string of the molecule is Cc1ccc(-c2nc(CCNC(=O)CNC(=O)c3ccc(F)cc3F)co2)cc1. The van der Waals surface area contributed by atoms with Crippen molar-refractivity contribution in [2.75, 3.05) is 13.1 Å². The van der Waals surface area contributed by atoms with Gasteiger partial charge in [0.05, 0.1) is 17.8 Å². The zero-order valence-electron chi connectivity index (χ0n) is 15.7. The third-order valence-corrected chi connectivity index (χ3v) is 4.14. The number of amides is 2. The molecule has 0 aliphatic rings. The Morgan fingerprint density at radius 2 is 1.83 bits per heavy atom. The van der Waals surface area contributed by atoms with Crippen molar-refractivity contribution in [2.45, 2.75) is 13.3 Å². The van der Waals surface area contributed by atoms with Crippen LogP contribution in [0.5, 0.6) is 0 Å². The maximum atomic E-state index is 13.5. The van der Waals surface area contributed by atoms with Gasteiger partial charge in [0.2, 0.25) is 11.8 Å². The number of carbonyl (C=O) groups is 2. The third kappa shape index (κ3) is 5.47. The number of aryl methyl sites for hydroxylation is 1. The number of benzene rings is 2. The van der Waals surface area contributed by atoms with Gasteiger partial charge >= 0.3 is 0 Å². The molecule has 0 spiro atoms. The molecule has 0 aliphatic heterocycles. The molecular weight excluding hydrogens is 380 g/mol. The van der Waals surface area contributed by atoms with Crippen LogP contribution in [0, 0.1) is 18.6 Å². The van der Waals surface area contributed by atoms with Crippen molar-refractivity contribution in [2.24, 2.45) is 0 Å². The number of nitrogens with one attached hydrogen (secondary N) is 2. The predicted molar refractivity (Wildman–Crippen MR) is 102 cm³/mol. The molecule has 1 aromatic heterocycles. The van der Waals surface area contributed by atoms with E-state index in [1.54, 1.807) is 0 Å². The van der Waals surface area contributed by atoms with Gasteiger partial charge in [0.25, 0.3) is 5.91 Å². The molecule has 6 nitrogen and oxygen atoms in total. The van der Waals surface area contributed by atoms with Gasteiger partial charge in [-0.25, -0.2) is 13.8 Å². The van der Waals surface area contributed by atoms with Crippen molar-refractivity contribution in [1.82, 2.24) is 15.6 Å². The second-order valence-corrected chi connectivity index (χ2v) is 6.42. The molecule has 3 aromatic rings. The van der Waals surface area contributed by atoms with E-state index in [0.29, 0.717) is 30.6 Å². The van der Waals surface area contributed by atoms with Gasteiger partial charge in [-0.2, -0.15) is 0 Å². The Kier molecular flexibility index (Phi) is 6.33. The minimum absolute atomic E-state index is 0.291. The van der Waals surface area contributed by atoms with Gasteiger partial charge in [0.15, 0.2) is 0 Å². The lowest BCUT2D eigenvalue weighted by Gasteiger charge is -2.07. The van der Waals surface area contributed by atoms with Crippen molar-refractivity contribution >= 4 is 11.8 Å². The molecule has 3 rings (SSSR count). The van der Waals surface area contributed by atoms with E-state index in [9.17, 15) is 18.4 Å². The number of carbonyl (C=O) groups excluding carboxylic acids is 2. The summed E-state index contributed by atoms with van der Waals surface area (Å²) in [5.41, 5.74) is 2.35. The summed E-state index contributed by atoms with van der Waals surface area (Å²) in [6.07, 6.45) is 1.97.